The maximum absolute atomic E-state index is 12.3. The highest BCUT2D eigenvalue weighted by molar-refractivity contribution is 5.80. The first-order chi connectivity index (χ1) is 12.6. The number of carbonyl (C=O) groups is 2. The summed E-state index contributed by atoms with van der Waals surface area (Å²) in [5.74, 6) is -0.386. The lowest BCUT2D eigenvalue weighted by Crippen LogP contribution is -2.16. The van der Waals surface area contributed by atoms with Gasteiger partial charge in [0.2, 0.25) is 0 Å². The van der Waals surface area contributed by atoms with Crippen LogP contribution in [0.15, 0.2) is 54.6 Å². The van der Waals surface area contributed by atoms with Crippen LogP contribution < -0.4 is 0 Å². The van der Waals surface area contributed by atoms with Crippen molar-refractivity contribution in [1.29, 1.82) is 0 Å². The number of aliphatic carboxylic acids is 1. The van der Waals surface area contributed by atoms with Crippen molar-refractivity contribution in [3.8, 4) is 0 Å². The van der Waals surface area contributed by atoms with Crippen molar-refractivity contribution < 1.29 is 14.7 Å². The van der Waals surface area contributed by atoms with E-state index in [0.29, 0.717) is 18.6 Å². The van der Waals surface area contributed by atoms with Gasteiger partial charge in [-0.15, -0.1) is 0 Å². The average Bonchev–Trinajstić information content (AvgIpc) is 2.66. The Kier molecular flexibility index (Phi) is 8.07. The molecular formula is C23H28O3. The minimum absolute atomic E-state index is 0.0635. The molecule has 138 valence electrons. The Morgan fingerprint density at radius 3 is 2.12 bits per heavy atom. The highest BCUT2D eigenvalue weighted by Crippen LogP contribution is 2.19. The number of Topliss-reactive ketones (excluding diaryl/α,β-unsaturated/α-hetero) is 1. The second-order valence-corrected chi connectivity index (χ2v) is 6.81. The number of ketones is 1. The van der Waals surface area contributed by atoms with E-state index in [-0.39, 0.29) is 12.3 Å². The molecule has 0 saturated carbocycles. The van der Waals surface area contributed by atoms with Crippen LogP contribution >= 0.6 is 0 Å². The maximum Gasteiger partial charge on any atom is 0.303 e. The van der Waals surface area contributed by atoms with Crippen molar-refractivity contribution in [3.63, 3.8) is 0 Å². The van der Waals surface area contributed by atoms with Crippen LogP contribution in [0.1, 0.15) is 49.3 Å². The number of rotatable bonds is 11. The van der Waals surface area contributed by atoms with Crippen molar-refractivity contribution in [3.05, 3.63) is 71.3 Å². The fraction of sp³-hybridized carbons (Fsp3) is 0.391. The fourth-order valence-corrected chi connectivity index (χ4v) is 3.24. The zero-order valence-corrected chi connectivity index (χ0v) is 15.5. The van der Waals surface area contributed by atoms with E-state index in [9.17, 15) is 9.59 Å². The van der Waals surface area contributed by atoms with Crippen LogP contribution in [0.5, 0.6) is 0 Å². The molecule has 0 saturated heterocycles. The molecule has 0 aromatic heterocycles. The molecule has 0 amide bonds. The first-order valence-electron chi connectivity index (χ1n) is 9.44. The maximum atomic E-state index is 12.3. The summed E-state index contributed by atoms with van der Waals surface area (Å²) in [5, 5.41) is 8.76. The Morgan fingerprint density at radius 1 is 0.885 bits per heavy atom. The summed E-state index contributed by atoms with van der Waals surface area (Å²) in [6.45, 7) is 1.93. The molecule has 3 heteroatoms. The molecule has 2 aromatic carbocycles. The van der Waals surface area contributed by atoms with Gasteiger partial charge in [0.25, 0.3) is 0 Å². The van der Waals surface area contributed by atoms with Crippen molar-refractivity contribution in [2.24, 2.45) is 5.92 Å². The minimum atomic E-state index is -0.777. The van der Waals surface area contributed by atoms with Crippen LogP contribution in [-0.2, 0) is 28.9 Å². The largest absolute Gasteiger partial charge is 0.481 e. The van der Waals surface area contributed by atoms with Gasteiger partial charge in [-0.2, -0.15) is 0 Å². The second kappa shape index (κ2) is 10.5. The van der Waals surface area contributed by atoms with Gasteiger partial charge in [-0.05, 0) is 48.8 Å². The highest BCUT2D eigenvalue weighted by atomic mass is 16.4. The zero-order valence-electron chi connectivity index (χ0n) is 15.5. The molecule has 0 fully saturated rings. The van der Waals surface area contributed by atoms with E-state index in [1.165, 1.54) is 5.56 Å². The fourth-order valence-electron chi connectivity index (χ4n) is 3.24. The lowest BCUT2D eigenvalue weighted by molar-refractivity contribution is -0.137. The van der Waals surface area contributed by atoms with Gasteiger partial charge in [-0.25, -0.2) is 0 Å². The van der Waals surface area contributed by atoms with Crippen LogP contribution in [0.2, 0.25) is 0 Å². The van der Waals surface area contributed by atoms with E-state index in [4.69, 9.17) is 5.11 Å². The molecule has 0 radical (unpaired) electrons. The van der Waals surface area contributed by atoms with Crippen LogP contribution in [0.25, 0.3) is 0 Å². The molecule has 3 nitrogen and oxygen atoms in total. The van der Waals surface area contributed by atoms with E-state index in [1.807, 2.05) is 37.3 Å². The summed E-state index contributed by atoms with van der Waals surface area (Å²) >= 11 is 0. The summed E-state index contributed by atoms with van der Waals surface area (Å²) in [5.41, 5.74) is 3.49. The molecule has 0 aliphatic heterocycles. The van der Waals surface area contributed by atoms with Gasteiger partial charge in [0, 0.05) is 18.8 Å². The monoisotopic (exact) mass is 352 g/mol. The SMILES string of the molecule is CCC(=O)C(CCCc1ccccc1)Cc1ccc(CCC(=O)O)cc1. The molecule has 0 heterocycles. The predicted molar refractivity (Wildman–Crippen MR) is 104 cm³/mol. The topological polar surface area (TPSA) is 54.4 Å². The Bertz CT molecular complexity index is 689. The highest BCUT2D eigenvalue weighted by Gasteiger charge is 2.17. The van der Waals surface area contributed by atoms with Gasteiger partial charge in [0.15, 0.2) is 0 Å². The summed E-state index contributed by atoms with van der Waals surface area (Å²) in [7, 11) is 0. The van der Waals surface area contributed by atoms with Crippen molar-refractivity contribution in [1.82, 2.24) is 0 Å². The molecule has 0 aliphatic carbocycles. The quantitative estimate of drug-likeness (QED) is 0.628. The third-order valence-electron chi connectivity index (χ3n) is 4.80. The summed E-state index contributed by atoms with van der Waals surface area (Å²) < 4.78 is 0. The van der Waals surface area contributed by atoms with E-state index in [1.54, 1.807) is 0 Å². The van der Waals surface area contributed by atoms with Crippen LogP contribution in [0.3, 0.4) is 0 Å². The third kappa shape index (κ3) is 6.83. The van der Waals surface area contributed by atoms with E-state index in [0.717, 1.165) is 36.8 Å². The Balaban J connectivity index is 1.90. The number of hydrogen-bond acceptors (Lipinski definition) is 2. The minimum Gasteiger partial charge on any atom is -0.481 e. The van der Waals surface area contributed by atoms with Gasteiger partial charge in [-0.3, -0.25) is 9.59 Å². The Morgan fingerprint density at radius 2 is 1.50 bits per heavy atom. The lowest BCUT2D eigenvalue weighted by Gasteiger charge is -2.15. The van der Waals surface area contributed by atoms with Gasteiger partial charge in [0.1, 0.15) is 5.78 Å². The van der Waals surface area contributed by atoms with Gasteiger partial charge in [0.05, 0.1) is 0 Å². The van der Waals surface area contributed by atoms with E-state index in [2.05, 4.69) is 24.3 Å². The van der Waals surface area contributed by atoms with Gasteiger partial charge >= 0.3 is 5.97 Å². The number of hydrogen-bond donors (Lipinski definition) is 1. The zero-order chi connectivity index (χ0) is 18.8. The molecule has 1 unspecified atom stereocenters. The van der Waals surface area contributed by atoms with Gasteiger partial charge < -0.3 is 5.11 Å². The van der Waals surface area contributed by atoms with Crippen molar-refractivity contribution in [2.45, 2.75) is 51.9 Å². The number of carbonyl (C=O) groups excluding carboxylic acids is 1. The first kappa shape index (κ1) is 19.9. The molecule has 0 bridgehead atoms. The van der Waals surface area contributed by atoms with Crippen LogP contribution in [0, 0.1) is 5.92 Å². The van der Waals surface area contributed by atoms with E-state index >= 15 is 0 Å². The second-order valence-electron chi connectivity index (χ2n) is 6.81. The molecule has 0 spiro atoms. The molecule has 2 rings (SSSR count). The normalized spacial score (nSPS) is 11.9. The Hall–Kier alpha value is -2.42. The molecule has 2 aromatic rings. The van der Waals surface area contributed by atoms with Gasteiger partial charge in [-0.1, -0.05) is 61.5 Å². The number of aryl methyl sites for hydroxylation is 2. The number of carboxylic acids is 1. The molecule has 1 atom stereocenters. The third-order valence-corrected chi connectivity index (χ3v) is 4.80. The lowest BCUT2D eigenvalue weighted by atomic mass is 9.88. The predicted octanol–water partition coefficient (Wildman–Crippen LogP) is 4.86. The van der Waals surface area contributed by atoms with Crippen LogP contribution in [0.4, 0.5) is 0 Å². The van der Waals surface area contributed by atoms with Crippen molar-refractivity contribution >= 4 is 11.8 Å². The average molecular weight is 352 g/mol. The standard InChI is InChI=1S/C23H28O3/c1-2-22(24)21(10-6-9-18-7-4-3-5-8-18)17-20-13-11-19(12-14-20)15-16-23(25)26/h3-5,7-8,11-14,21H,2,6,9-10,15-17H2,1H3,(H,25,26). The van der Waals surface area contributed by atoms with Crippen LogP contribution in [-0.4, -0.2) is 16.9 Å². The summed E-state index contributed by atoms with van der Waals surface area (Å²) in [6, 6.07) is 18.4. The van der Waals surface area contributed by atoms with Crippen molar-refractivity contribution in [2.75, 3.05) is 0 Å². The molecular weight excluding hydrogens is 324 g/mol. The van der Waals surface area contributed by atoms with E-state index < -0.39 is 5.97 Å². The first-order valence-corrected chi connectivity index (χ1v) is 9.44. The molecule has 1 N–H and O–H groups in total. The molecule has 0 aliphatic rings. The number of carboxylic acid groups (broad SMARTS) is 1. The summed E-state index contributed by atoms with van der Waals surface area (Å²) in [6.07, 6.45) is 4.95. The summed E-state index contributed by atoms with van der Waals surface area (Å²) in [4.78, 5) is 23.0. The molecule has 26 heavy (non-hydrogen) atoms. The Labute approximate surface area is 156 Å². The number of benzene rings is 2. The smallest absolute Gasteiger partial charge is 0.303 e.